The third-order valence-electron chi connectivity index (χ3n) is 7.05. The minimum absolute atomic E-state index is 0.117. The van der Waals surface area contributed by atoms with Gasteiger partial charge in [0.05, 0.1) is 17.5 Å². The molecule has 1 aliphatic rings. The Kier molecular flexibility index (Phi) is 6.79. The molecule has 0 fully saturated rings. The van der Waals surface area contributed by atoms with Crippen LogP contribution in [0.2, 0.25) is 0 Å². The second-order valence-electron chi connectivity index (χ2n) is 9.45. The van der Waals surface area contributed by atoms with Gasteiger partial charge in [-0.1, -0.05) is 111 Å². The van der Waals surface area contributed by atoms with Crippen LogP contribution in [-0.4, -0.2) is 21.6 Å². The van der Waals surface area contributed by atoms with E-state index in [1.807, 2.05) is 78.9 Å². The molecule has 0 saturated carbocycles. The summed E-state index contributed by atoms with van der Waals surface area (Å²) in [6.45, 7) is 4.24. The Morgan fingerprint density at radius 2 is 1.61 bits per heavy atom. The van der Waals surface area contributed by atoms with Crippen LogP contribution in [0.3, 0.4) is 0 Å². The zero-order valence-corrected chi connectivity index (χ0v) is 21.3. The topological polar surface area (TPSA) is 74.8 Å². The second-order valence-corrected chi connectivity index (χ2v) is 10.4. The fraction of sp³-hybridized carbons (Fsp3) is 0.233. The Morgan fingerprint density at radius 1 is 1.00 bits per heavy atom. The van der Waals surface area contributed by atoms with Gasteiger partial charge in [0, 0.05) is 16.5 Å². The molecule has 0 unspecified atom stereocenters. The third-order valence-corrected chi connectivity index (χ3v) is 7.92. The predicted molar refractivity (Wildman–Crippen MR) is 145 cm³/mol. The fourth-order valence-corrected chi connectivity index (χ4v) is 5.65. The highest BCUT2D eigenvalue weighted by Crippen LogP contribution is 2.42. The van der Waals surface area contributed by atoms with Crippen LogP contribution in [0.4, 0.5) is 0 Å². The number of H-pyrrole nitrogens is 1. The third kappa shape index (κ3) is 4.73. The molecule has 36 heavy (non-hydrogen) atoms. The molecule has 0 bridgehead atoms. The first-order valence-corrected chi connectivity index (χ1v) is 13.2. The fourth-order valence-electron chi connectivity index (χ4n) is 4.98. The summed E-state index contributed by atoms with van der Waals surface area (Å²) in [4.78, 5) is 34.1. The lowest BCUT2D eigenvalue weighted by atomic mass is 9.69. The molecule has 0 radical (unpaired) electrons. The molecule has 1 aliphatic carbocycles. The molecule has 1 heterocycles. The first kappa shape index (κ1) is 24.1. The van der Waals surface area contributed by atoms with Gasteiger partial charge in [-0.15, -0.1) is 0 Å². The Balaban J connectivity index is 1.39. The van der Waals surface area contributed by atoms with E-state index in [1.54, 1.807) is 0 Å². The average molecular weight is 496 g/mol. The number of nitrogens with zero attached hydrogens (tertiary/aromatic N) is 1. The van der Waals surface area contributed by atoms with E-state index in [0.717, 1.165) is 40.8 Å². The number of amides is 1. The normalized spacial score (nSPS) is 16.3. The van der Waals surface area contributed by atoms with Gasteiger partial charge in [-0.25, -0.2) is 4.98 Å². The molecule has 0 saturated heterocycles. The molecular formula is C30H29N3O2S. The molecule has 6 heteroatoms. The Hall–Kier alpha value is -3.64. The van der Waals surface area contributed by atoms with Crippen LogP contribution in [0.5, 0.6) is 0 Å². The molecule has 0 aliphatic heterocycles. The van der Waals surface area contributed by atoms with Crippen molar-refractivity contribution in [3.05, 3.63) is 118 Å². The van der Waals surface area contributed by atoms with Gasteiger partial charge in [-0.05, 0) is 29.5 Å². The van der Waals surface area contributed by atoms with E-state index in [0.29, 0.717) is 5.16 Å². The Morgan fingerprint density at radius 3 is 2.25 bits per heavy atom. The predicted octanol–water partition coefficient (Wildman–Crippen LogP) is 5.66. The number of thioether (sulfide) groups is 1. The van der Waals surface area contributed by atoms with Crippen LogP contribution < -0.4 is 10.9 Å². The van der Waals surface area contributed by atoms with E-state index >= 15 is 0 Å². The molecule has 1 aromatic heterocycles. The number of hydrogen-bond donors (Lipinski definition) is 2. The van der Waals surface area contributed by atoms with Gasteiger partial charge in [-0.3, -0.25) is 9.59 Å². The number of benzene rings is 3. The van der Waals surface area contributed by atoms with Gasteiger partial charge in [-0.2, -0.15) is 0 Å². The van der Waals surface area contributed by atoms with Crippen LogP contribution in [0, 0.1) is 0 Å². The monoisotopic (exact) mass is 495 g/mol. The van der Waals surface area contributed by atoms with Crippen molar-refractivity contribution in [3.63, 3.8) is 0 Å². The Bertz CT molecular complexity index is 1400. The van der Waals surface area contributed by atoms with E-state index in [2.05, 4.69) is 30.2 Å². The van der Waals surface area contributed by atoms with Crippen molar-refractivity contribution in [3.8, 4) is 11.3 Å². The summed E-state index contributed by atoms with van der Waals surface area (Å²) in [5, 5.41) is 3.61. The molecule has 5 nitrogen and oxygen atoms in total. The summed E-state index contributed by atoms with van der Waals surface area (Å²) >= 11 is 1.25. The molecule has 182 valence electrons. The minimum atomic E-state index is -0.274. The summed E-state index contributed by atoms with van der Waals surface area (Å²) in [6, 6.07) is 27.7. The number of nitrogens with one attached hydrogen (secondary N) is 2. The summed E-state index contributed by atoms with van der Waals surface area (Å²) in [7, 11) is 0. The molecule has 3 aromatic carbocycles. The molecule has 0 spiro atoms. The van der Waals surface area contributed by atoms with Crippen molar-refractivity contribution in [2.45, 2.75) is 43.3 Å². The molecule has 2 N–H and O–H groups in total. The van der Waals surface area contributed by atoms with Crippen LogP contribution in [0.1, 0.15) is 48.6 Å². The summed E-state index contributed by atoms with van der Waals surface area (Å²) in [5.74, 6) is 0.0155. The average Bonchev–Trinajstić information content (AvgIpc) is 2.91. The number of hydrogen-bond acceptors (Lipinski definition) is 4. The van der Waals surface area contributed by atoms with Gasteiger partial charge in [0.1, 0.15) is 0 Å². The van der Waals surface area contributed by atoms with Crippen LogP contribution >= 0.6 is 11.8 Å². The highest BCUT2D eigenvalue weighted by molar-refractivity contribution is 7.99. The number of aromatic amines is 1. The van der Waals surface area contributed by atoms with Gasteiger partial charge in [0.15, 0.2) is 5.16 Å². The van der Waals surface area contributed by atoms with E-state index < -0.39 is 0 Å². The van der Waals surface area contributed by atoms with Crippen LogP contribution in [0.25, 0.3) is 11.3 Å². The zero-order chi connectivity index (χ0) is 25.1. The van der Waals surface area contributed by atoms with Crippen molar-refractivity contribution < 1.29 is 4.79 Å². The SMILES string of the molecule is CC[C@]1(C)Cc2ccccc2-c2nc(SCC(=O)NC(c3ccccc3)c3ccccc3)[nH]c(=O)c21. The maximum Gasteiger partial charge on any atom is 0.255 e. The van der Waals surface area contributed by atoms with Gasteiger partial charge in [0.2, 0.25) is 5.91 Å². The molecule has 5 rings (SSSR count). The molecule has 1 amide bonds. The van der Waals surface area contributed by atoms with Crippen molar-refractivity contribution in [1.82, 2.24) is 15.3 Å². The van der Waals surface area contributed by atoms with Crippen LogP contribution in [-0.2, 0) is 16.6 Å². The Labute approximate surface area is 215 Å². The molecular weight excluding hydrogens is 466 g/mol. The molecule has 1 atom stereocenters. The quantitative estimate of drug-likeness (QED) is 0.256. The first-order chi connectivity index (χ1) is 17.5. The number of carbonyl (C=O) groups excluding carboxylic acids is 1. The van der Waals surface area contributed by atoms with Crippen molar-refractivity contribution >= 4 is 17.7 Å². The van der Waals surface area contributed by atoms with Crippen LogP contribution in [0.15, 0.2) is 94.9 Å². The van der Waals surface area contributed by atoms with Gasteiger partial charge in [0.25, 0.3) is 5.56 Å². The zero-order valence-electron chi connectivity index (χ0n) is 20.5. The summed E-state index contributed by atoms with van der Waals surface area (Å²) in [5.41, 5.74) is 5.32. The molecule has 4 aromatic rings. The minimum Gasteiger partial charge on any atom is -0.344 e. The van der Waals surface area contributed by atoms with Gasteiger partial charge >= 0.3 is 0 Å². The standard InChI is InChI=1S/C30H29N3O2S/c1-3-30(2)18-22-16-10-11-17-23(22)27-25(30)28(35)33-29(32-27)36-19-24(34)31-26(20-12-6-4-7-13-20)21-14-8-5-9-15-21/h4-17,26H,3,18-19H2,1-2H3,(H,31,34)(H,32,33,35)/t30-/m1/s1. The highest BCUT2D eigenvalue weighted by atomic mass is 32.2. The highest BCUT2D eigenvalue weighted by Gasteiger charge is 2.37. The smallest absolute Gasteiger partial charge is 0.255 e. The van der Waals surface area contributed by atoms with E-state index in [9.17, 15) is 9.59 Å². The second kappa shape index (κ2) is 10.2. The lowest BCUT2D eigenvalue weighted by molar-refractivity contribution is -0.119. The maximum atomic E-state index is 13.3. The lowest BCUT2D eigenvalue weighted by Gasteiger charge is -2.34. The lowest BCUT2D eigenvalue weighted by Crippen LogP contribution is -2.36. The van der Waals surface area contributed by atoms with Gasteiger partial charge < -0.3 is 10.3 Å². The number of fused-ring (bicyclic) bond motifs is 3. The number of aromatic nitrogens is 2. The van der Waals surface area contributed by atoms with Crippen molar-refractivity contribution in [1.29, 1.82) is 0 Å². The van der Waals surface area contributed by atoms with Crippen molar-refractivity contribution in [2.24, 2.45) is 0 Å². The van der Waals surface area contributed by atoms with E-state index in [1.165, 1.54) is 17.3 Å². The maximum absolute atomic E-state index is 13.3. The van der Waals surface area contributed by atoms with E-state index in [-0.39, 0.29) is 28.7 Å². The summed E-state index contributed by atoms with van der Waals surface area (Å²) in [6.07, 6.45) is 1.65. The van der Waals surface area contributed by atoms with Crippen molar-refractivity contribution in [2.75, 3.05) is 5.75 Å². The first-order valence-electron chi connectivity index (χ1n) is 12.2. The van der Waals surface area contributed by atoms with E-state index in [4.69, 9.17) is 4.98 Å². The summed E-state index contributed by atoms with van der Waals surface area (Å²) < 4.78 is 0. The largest absolute Gasteiger partial charge is 0.344 e. The number of carbonyl (C=O) groups is 1. The number of rotatable bonds is 7.